The Hall–Kier alpha value is -2.64. The minimum Gasteiger partial charge on any atom is -0.491 e. The number of hydrogen-bond donors (Lipinski definition) is 1. The summed E-state index contributed by atoms with van der Waals surface area (Å²) in [4.78, 5) is 15.6. The Morgan fingerprint density at radius 3 is 2.70 bits per heavy atom. The molecule has 1 amide bonds. The zero-order valence-electron chi connectivity index (χ0n) is 11.9. The number of alkyl halides is 3. The Morgan fingerprint density at radius 1 is 1.30 bits per heavy atom. The molecule has 1 heterocycles. The first-order valence-electron chi connectivity index (χ1n) is 6.59. The second kappa shape index (κ2) is 6.64. The number of benzene rings is 1. The van der Waals surface area contributed by atoms with E-state index in [-0.39, 0.29) is 23.7 Å². The number of pyridine rings is 1. The molecular formula is C15H12F4N2O2. The first kappa shape index (κ1) is 16.7. The van der Waals surface area contributed by atoms with Crippen molar-refractivity contribution in [2.24, 2.45) is 0 Å². The molecule has 2 rings (SSSR count). The normalized spacial score (nSPS) is 11.2. The van der Waals surface area contributed by atoms with Gasteiger partial charge >= 0.3 is 6.18 Å². The lowest BCUT2D eigenvalue weighted by Crippen LogP contribution is -2.16. The molecule has 0 aliphatic heterocycles. The van der Waals surface area contributed by atoms with E-state index in [4.69, 9.17) is 4.74 Å². The number of carbonyl (C=O) groups excluding carboxylic acids is 1. The Labute approximate surface area is 129 Å². The lowest BCUT2D eigenvalue weighted by atomic mass is 10.2. The Morgan fingerprint density at radius 2 is 2.04 bits per heavy atom. The highest BCUT2D eigenvalue weighted by atomic mass is 19.4. The first-order valence-corrected chi connectivity index (χ1v) is 6.59. The van der Waals surface area contributed by atoms with Crippen molar-refractivity contribution in [2.75, 3.05) is 11.9 Å². The summed E-state index contributed by atoms with van der Waals surface area (Å²) in [6.45, 7) is 1.86. The van der Waals surface area contributed by atoms with Gasteiger partial charge in [0.15, 0.2) is 11.6 Å². The summed E-state index contributed by atoms with van der Waals surface area (Å²) in [5.74, 6) is -2.25. The number of nitrogens with zero attached hydrogens (tertiary/aromatic N) is 1. The Kier molecular flexibility index (Phi) is 4.83. The maximum atomic E-state index is 14.1. The highest BCUT2D eigenvalue weighted by Gasteiger charge is 2.31. The molecule has 4 nitrogen and oxygen atoms in total. The fourth-order valence-electron chi connectivity index (χ4n) is 1.81. The average Bonchev–Trinajstić information content (AvgIpc) is 2.49. The zero-order chi connectivity index (χ0) is 17.0. The summed E-state index contributed by atoms with van der Waals surface area (Å²) < 4.78 is 57.0. The number of hydrogen-bond acceptors (Lipinski definition) is 3. The SMILES string of the molecule is CCOc1cccc(C(=O)Nc2cc(C(F)(F)F)ccn2)c1F. The summed E-state index contributed by atoms with van der Waals surface area (Å²) in [5, 5.41) is 2.14. The van der Waals surface area contributed by atoms with Crippen molar-refractivity contribution in [2.45, 2.75) is 13.1 Å². The molecule has 0 atom stereocenters. The van der Waals surface area contributed by atoms with Gasteiger partial charge in [0.2, 0.25) is 0 Å². The van der Waals surface area contributed by atoms with E-state index in [1.807, 2.05) is 0 Å². The molecule has 0 fully saturated rings. The van der Waals surface area contributed by atoms with E-state index >= 15 is 0 Å². The minimum absolute atomic E-state index is 0.114. The topological polar surface area (TPSA) is 51.2 Å². The molecule has 0 spiro atoms. The van der Waals surface area contributed by atoms with Gasteiger partial charge in [0.05, 0.1) is 17.7 Å². The van der Waals surface area contributed by atoms with Gasteiger partial charge in [0.25, 0.3) is 5.91 Å². The quantitative estimate of drug-likeness (QED) is 0.866. The van der Waals surface area contributed by atoms with Crippen molar-refractivity contribution in [3.63, 3.8) is 0 Å². The molecular weight excluding hydrogens is 316 g/mol. The van der Waals surface area contributed by atoms with Crippen molar-refractivity contribution in [3.8, 4) is 5.75 Å². The van der Waals surface area contributed by atoms with Crippen molar-refractivity contribution in [1.82, 2.24) is 4.98 Å². The molecule has 0 radical (unpaired) electrons. The lowest BCUT2D eigenvalue weighted by molar-refractivity contribution is -0.137. The molecule has 0 bridgehead atoms. The maximum Gasteiger partial charge on any atom is 0.416 e. The van der Waals surface area contributed by atoms with E-state index in [1.165, 1.54) is 18.2 Å². The van der Waals surface area contributed by atoms with Gasteiger partial charge in [-0.05, 0) is 31.2 Å². The van der Waals surface area contributed by atoms with Crippen LogP contribution in [-0.4, -0.2) is 17.5 Å². The van der Waals surface area contributed by atoms with Crippen LogP contribution < -0.4 is 10.1 Å². The third-order valence-corrected chi connectivity index (χ3v) is 2.84. The van der Waals surface area contributed by atoms with Crippen LogP contribution in [0.2, 0.25) is 0 Å². The van der Waals surface area contributed by atoms with E-state index in [9.17, 15) is 22.4 Å². The second-order valence-electron chi connectivity index (χ2n) is 4.43. The largest absolute Gasteiger partial charge is 0.491 e. The van der Waals surface area contributed by atoms with Crippen LogP contribution in [0.3, 0.4) is 0 Å². The number of carbonyl (C=O) groups is 1. The molecule has 0 aliphatic rings. The second-order valence-corrected chi connectivity index (χ2v) is 4.43. The van der Waals surface area contributed by atoms with E-state index < -0.39 is 23.5 Å². The van der Waals surface area contributed by atoms with Crippen LogP contribution in [-0.2, 0) is 6.18 Å². The van der Waals surface area contributed by atoms with Crippen molar-refractivity contribution < 1.29 is 27.1 Å². The molecule has 0 saturated heterocycles. The van der Waals surface area contributed by atoms with E-state index in [2.05, 4.69) is 10.3 Å². The lowest BCUT2D eigenvalue weighted by Gasteiger charge is -2.10. The van der Waals surface area contributed by atoms with Crippen molar-refractivity contribution in [1.29, 1.82) is 0 Å². The zero-order valence-corrected chi connectivity index (χ0v) is 11.9. The molecule has 0 saturated carbocycles. The summed E-state index contributed by atoms with van der Waals surface area (Å²) in [6.07, 6.45) is -3.66. The van der Waals surface area contributed by atoms with Crippen LogP contribution in [0.1, 0.15) is 22.8 Å². The van der Waals surface area contributed by atoms with E-state index in [0.29, 0.717) is 6.07 Å². The molecule has 1 aromatic heterocycles. The predicted octanol–water partition coefficient (Wildman–Crippen LogP) is 3.89. The first-order chi connectivity index (χ1) is 10.8. The third-order valence-electron chi connectivity index (χ3n) is 2.84. The third kappa shape index (κ3) is 3.97. The van der Waals surface area contributed by atoms with Gasteiger partial charge < -0.3 is 10.1 Å². The van der Waals surface area contributed by atoms with Crippen LogP contribution in [0.15, 0.2) is 36.5 Å². The fraction of sp³-hybridized carbons (Fsp3) is 0.200. The van der Waals surface area contributed by atoms with E-state index in [0.717, 1.165) is 12.3 Å². The number of halogens is 4. The van der Waals surface area contributed by atoms with Crippen LogP contribution in [0, 0.1) is 5.82 Å². The monoisotopic (exact) mass is 328 g/mol. The van der Waals surface area contributed by atoms with Gasteiger partial charge in [0.1, 0.15) is 5.82 Å². The molecule has 23 heavy (non-hydrogen) atoms. The smallest absolute Gasteiger partial charge is 0.416 e. The van der Waals surface area contributed by atoms with E-state index in [1.54, 1.807) is 6.92 Å². The minimum atomic E-state index is -4.57. The van der Waals surface area contributed by atoms with Gasteiger partial charge in [-0.25, -0.2) is 9.37 Å². The number of anilines is 1. The summed E-state index contributed by atoms with van der Waals surface area (Å²) in [7, 11) is 0. The molecule has 2 aromatic rings. The number of amides is 1. The van der Waals surface area contributed by atoms with Crippen molar-refractivity contribution >= 4 is 11.7 Å². The van der Waals surface area contributed by atoms with Crippen LogP contribution in [0.25, 0.3) is 0 Å². The molecule has 8 heteroatoms. The fourth-order valence-corrected chi connectivity index (χ4v) is 1.81. The number of rotatable bonds is 4. The van der Waals surface area contributed by atoms with Gasteiger partial charge in [-0.3, -0.25) is 4.79 Å². The number of nitrogens with one attached hydrogen (secondary N) is 1. The Balaban J connectivity index is 2.25. The van der Waals surface area contributed by atoms with Gasteiger partial charge in [0, 0.05) is 6.20 Å². The average molecular weight is 328 g/mol. The number of aromatic nitrogens is 1. The number of ether oxygens (including phenoxy) is 1. The summed E-state index contributed by atoms with van der Waals surface area (Å²) in [5.41, 5.74) is -1.32. The highest BCUT2D eigenvalue weighted by molar-refractivity contribution is 6.04. The maximum absolute atomic E-state index is 14.1. The Bertz CT molecular complexity index is 717. The van der Waals surface area contributed by atoms with Crippen LogP contribution in [0.5, 0.6) is 5.75 Å². The summed E-state index contributed by atoms with van der Waals surface area (Å²) >= 11 is 0. The molecule has 122 valence electrons. The molecule has 0 unspecified atom stereocenters. The molecule has 1 aromatic carbocycles. The molecule has 1 N–H and O–H groups in total. The summed E-state index contributed by atoms with van der Waals surface area (Å²) in [6, 6.07) is 5.38. The standard InChI is InChI=1S/C15H12F4N2O2/c1-2-23-11-5-3-4-10(13(11)16)14(22)21-12-8-9(6-7-20-12)15(17,18)19/h3-8H,2H2,1H3,(H,20,21,22). The van der Waals surface area contributed by atoms with Crippen LogP contribution in [0.4, 0.5) is 23.4 Å². The van der Waals surface area contributed by atoms with Gasteiger partial charge in [-0.2, -0.15) is 13.2 Å². The molecule has 0 aliphatic carbocycles. The van der Waals surface area contributed by atoms with Gasteiger partial charge in [-0.1, -0.05) is 6.07 Å². The van der Waals surface area contributed by atoms with Crippen molar-refractivity contribution in [3.05, 3.63) is 53.5 Å². The van der Waals surface area contributed by atoms with Crippen LogP contribution >= 0.6 is 0 Å². The van der Waals surface area contributed by atoms with Gasteiger partial charge in [-0.15, -0.1) is 0 Å². The highest BCUT2D eigenvalue weighted by Crippen LogP contribution is 2.30. The predicted molar refractivity (Wildman–Crippen MR) is 74.8 cm³/mol.